The minimum Gasteiger partial charge on any atom is -0.405 e. The van der Waals surface area contributed by atoms with Crippen molar-refractivity contribution in [1.82, 2.24) is 19.5 Å². The number of hydrogen-bond donors (Lipinski definition) is 3. The van der Waals surface area contributed by atoms with Crippen LogP contribution in [-0.4, -0.2) is 39.0 Å². The van der Waals surface area contributed by atoms with Crippen LogP contribution in [0.1, 0.15) is 31.2 Å². The molecule has 8 nitrogen and oxygen atoms in total. The zero-order chi connectivity index (χ0) is 23.6. The molecule has 33 heavy (non-hydrogen) atoms. The Morgan fingerprint density at radius 1 is 1.24 bits per heavy atom. The van der Waals surface area contributed by atoms with E-state index < -0.39 is 17.8 Å². The summed E-state index contributed by atoms with van der Waals surface area (Å²) in [6.07, 6.45) is 0.935. The van der Waals surface area contributed by atoms with E-state index in [1.807, 2.05) is 0 Å². The molecule has 0 aliphatic heterocycles. The van der Waals surface area contributed by atoms with Crippen LogP contribution in [0.15, 0.2) is 29.2 Å². The van der Waals surface area contributed by atoms with Crippen LogP contribution in [0.25, 0.3) is 11.2 Å². The number of anilines is 1. The summed E-state index contributed by atoms with van der Waals surface area (Å²) in [6, 6.07) is 3.73. The van der Waals surface area contributed by atoms with Gasteiger partial charge >= 0.3 is 12.1 Å². The molecule has 0 bridgehead atoms. The quantitative estimate of drug-likeness (QED) is 0.469. The molecule has 0 atom stereocenters. The maximum atomic E-state index is 12.8. The molecule has 178 valence electrons. The molecule has 4 rings (SSSR count). The van der Waals surface area contributed by atoms with Crippen molar-refractivity contribution in [1.29, 1.82) is 0 Å². The summed E-state index contributed by atoms with van der Waals surface area (Å²) in [5.41, 5.74) is 5.94. The first-order valence-electron chi connectivity index (χ1n) is 10.7. The molecule has 2 heterocycles. The lowest BCUT2D eigenvalue weighted by Gasteiger charge is -2.27. The number of aromatic nitrogens is 4. The Morgan fingerprint density at radius 3 is 2.67 bits per heavy atom. The predicted molar refractivity (Wildman–Crippen MR) is 118 cm³/mol. The molecule has 0 unspecified atom stereocenters. The van der Waals surface area contributed by atoms with E-state index in [0.717, 1.165) is 31.7 Å². The first-order chi connectivity index (χ1) is 15.7. The van der Waals surface area contributed by atoms with Crippen molar-refractivity contribution >= 4 is 28.7 Å². The second-order valence-corrected chi connectivity index (χ2v) is 8.69. The van der Waals surface area contributed by atoms with E-state index in [2.05, 4.69) is 25.0 Å². The molecular formula is C21H24ClF3N6O2. The van der Waals surface area contributed by atoms with E-state index in [0.29, 0.717) is 36.4 Å². The second-order valence-electron chi connectivity index (χ2n) is 8.25. The molecule has 0 radical (unpaired) electrons. The van der Waals surface area contributed by atoms with Gasteiger partial charge in [0.1, 0.15) is 11.3 Å². The topological polar surface area (TPSA) is 111 Å². The highest BCUT2D eigenvalue weighted by molar-refractivity contribution is 6.30. The number of nitrogens with zero attached hydrogens (tertiary/aromatic N) is 3. The molecule has 1 aromatic carbocycles. The van der Waals surface area contributed by atoms with Crippen LogP contribution < -0.4 is 21.5 Å². The van der Waals surface area contributed by atoms with E-state index in [1.54, 1.807) is 0 Å². The summed E-state index contributed by atoms with van der Waals surface area (Å²) >= 11 is 5.97. The van der Waals surface area contributed by atoms with Crippen molar-refractivity contribution in [3.05, 3.63) is 45.5 Å². The van der Waals surface area contributed by atoms with Gasteiger partial charge in [-0.05, 0) is 62.3 Å². The van der Waals surface area contributed by atoms with Crippen LogP contribution in [0.4, 0.5) is 19.1 Å². The average Bonchev–Trinajstić information content (AvgIpc) is 3.08. The SMILES string of the molecule is NCC1CCC(CNc2ncc3[nH]c(=O)n(Cc4cc(Cl)ccc4OC(F)(F)F)c3n2)CC1. The van der Waals surface area contributed by atoms with Crippen molar-refractivity contribution in [3.8, 4) is 5.75 Å². The number of hydrogen-bond acceptors (Lipinski definition) is 6. The average molecular weight is 485 g/mol. The second kappa shape index (κ2) is 9.60. The lowest BCUT2D eigenvalue weighted by molar-refractivity contribution is -0.274. The Morgan fingerprint density at radius 2 is 1.97 bits per heavy atom. The summed E-state index contributed by atoms with van der Waals surface area (Å²) in [5, 5.41) is 3.43. The molecule has 4 N–H and O–H groups in total. The number of halogens is 4. The highest BCUT2D eigenvalue weighted by Crippen LogP contribution is 2.30. The van der Waals surface area contributed by atoms with Gasteiger partial charge in [-0.25, -0.2) is 9.78 Å². The Kier molecular flexibility index (Phi) is 6.80. The van der Waals surface area contributed by atoms with Gasteiger partial charge in [-0.3, -0.25) is 4.57 Å². The van der Waals surface area contributed by atoms with Gasteiger partial charge in [-0.2, -0.15) is 4.98 Å². The van der Waals surface area contributed by atoms with Crippen LogP contribution >= 0.6 is 11.6 Å². The lowest BCUT2D eigenvalue weighted by atomic mass is 9.82. The van der Waals surface area contributed by atoms with Gasteiger partial charge in [-0.1, -0.05) is 11.6 Å². The fourth-order valence-corrected chi connectivity index (χ4v) is 4.35. The first kappa shape index (κ1) is 23.4. The molecule has 0 saturated heterocycles. The smallest absolute Gasteiger partial charge is 0.405 e. The van der Waals surface area contributed by atoms with Crippen molar-refractivity contribution in [2.24, 2.45) is 17.6 Å². The lowest BCUT2D eigenvalue weighted by Crippen LogP contribution is -2.25. The number of ether oxygens (including phenoxy) is 1. The number of aromatic amines is 1. The Bertz CT molecular complexity index is 1170. The molecule has 1 saturated carbocycles. The number of nitrogens with one attached hydrogen (secondary N) is 2. The zero-order valence-electron chi connectivity index (χ0n) is 17.7. The van der Waals surface area contributed by atoms with E-state index in [4.69, 9.17) is 17.3 Å². The third kappa shape index (κ3) is 5.77. The van der Waals surface area contributed by atoms with Crippen LogP contribution in [0.3, 0.4) is 0 Å². The standard InChI is InChI=1S/C21H24ClF3N6O2/c22-15-5-6-17(33-21(23,24)25)14(7-15)11-31-18-16(29-20(31)32)10-28-19(30-18)27-9-13-3-1-12(8-26)2-4-13/h5-7,10,12-13H,1-4,8-9,11,26H2,(H,29,32)(H,27,28,30). The third-order valence-electron chi connectivity index (χ3n) is 5.94. The minimum absolute atomic E-state index is 0.0904. The maximum Gasteiger partial charge on any atom is 0.573 e. The summed E-state index contributed by atoms with van der Waals surface area (Å²) in [5.74, 6) is 0.970. The van der Waals surface area contributed by atoms with Crippen molar-refractivity contribution in [2.75, 3.05) is 18.4 Å². The fourth-order valence-electron chi connectivity index (χ4n) is 4.15. The molecule has 3 aromatic rings. The number of rotatable bonds is 7. The molecule has 1 fully saturated rings. The molecule has 12 heteroatoms. The monoisotopic (exact) mass is 484 g/mol. The normalized spacial score (nSPS) is 19.1. The minimum atomic E-state index is -4.88. The van der Waals surface area contributed by atoms with Crippen LogP contribution in [0.5, 0.6) is 5.75 Å². The van der Waals surface area contributed by atoms with E-state index in [-0.39, 0.29) is 22.8 Å². The van der Waals surface area contributed by atoms with Gasteiger partial charge in [0, 0.05) is 17.1 Å². The van der Waals surface area contributed by atoms with Gasteiger partial charge in [-0.15, -0.1) is 13.2 Å². The van der Waals surface area contributed by atoms with Gasteiger partial charge in [0.15, 0.2) is 5.65 Å². The molecule has 0 spiro atoms. The van der Waals surface area contributed by atoms with Gasteiger partial charge in [0.25, 0.3) is 0 Å². The molecular weight excluding hydrogens is 461 g/mol. The van der Waals surface area contributed by atoms with Crippen molar-refractivity contribution in [3.63, 3.8) is 0 Å². The van der Waals surface area contributed by atoms with Crippen molar-refractivity contribution in [2.45, 2.75) is 38.6 Å². The number of fused-ring (bicyclic) bond motifs is 1. The van der Waals surface area contributed by atoms with Gasteiger partial charge in [0.05, 0.1) is 12.7 Å². The predicted octanol–water partition coefficient (Wildman–Crippen LogP) is 3.90. The number of benzene rings is 1. The maximum absolute atomic E-state index is 12.8. The molecule has 1 aliphatic carbocycles. The highest BCUT2D eigenvalue weighted by atomic mass is 35.5. The van der Waals surface area contributed by atoms with E-state index in [9.17, 15) is 18.0 Å². The first-order valence-corrected chi connectivity index (χ1v) is 11.0. The Labute approximate surface area is 192 Å². The Balaban J connectivity index is 1.55. The number of imidazole rings is 1. The fraction of sp³-hybridized carbons (Fsp3) is 0.476. The summed E-state index contributed by atoms with van der Waals surface area (Å²) in [6.45, 7) is 1.19. The number of H-pyrrole nitrogens is 1. The van der Waals surface area contributed by atoms with Gasteiger partial charge in [0.2, 0.25) is 5.95 Å². The largest absolute Gasteiger partial charge is 0.573 e. The summed E-state index contributed by atoms with van der Waals surface area (Å²) in [4.78, 5) is 23.8. The zero-order valence-corrected chi connectivity index (χ0v) is 18.4. The van der Waals surface area contributed by atoms with Crippen molar-refractivity contribution < 1.29 is 17.9 Å². The summed E-state index contributed by atoms with van der Waals surface area (Å²) < 4.78 is 43.7. The number of nitrogens with two attached hydrogens (primary N) is 1. The third-order valence-corrected chi connectivity index (χ3v) is 6.17. The molecule has 1 aliphatic rings. The van der Waals surface area contributed by atoms with Gasteiger partial charge < -0.3 is 20.8 Å². The van der Waals surface area contributed by atoms with E-state index in [1.165, 1.54) is 22.9 Å². The molecule has 2 aromatic heterocycles. The highest BCUT2D eigenvalue weighted by Gasteiger charge is 2.32. The summed E-state index contributed by atoms with van der Waals surface area (Å²) in [7, 11) is 0. The Hall–Kier alpha value is -2.79. The molecule has 0 amide bonds. The number of alkyl halides is 3. The van der Waals surface area contributed by atoms with Crippen LogP contribution in [-0.2, 0) is 6.54 Å². The van der Waals surface area contributed by atoms with Crippen LogP contribution in [0.2, 0.25) is 5.02 Å². The van der Waals surface area contributed by atoms with Crippen LogP contribution in [0, 0.1) is 11.8 Å². The van der Waals surface area contributed by atoms with E-state index >= 15 is 0 Å².